The van der Waals surface area contributed by atoms with Gasteiger partial charge in [0, 0.05) is 5.92 Å². The number of hydrogen-bond acceptors (Lipinski definition) is 2. The molecule has 1 unspecified atom stereocenters. The van der Waals surface area contributed by atoms with Crippen LogP contribution in [0.1, 0.15) is 61.8 Å². The zero-order valence-corrected chi connectivity index (χ0v) is 12.4. The van der Waals surface area contributed by atoms with Gasteiger partial charge in [0.2, 0.25) is 0 Å². The number of carbonyl (C=O) groups excluding carboxylic acids is 1. The van der Waals surface area contributed by atoms with E-state index in [1.165, 1.54) is 0 Å². The lowest BCUT2D eigenvalue weighted by atomic mass is 9.75. The molecule has 1 atom stereocenters. The van der Waals surface area contributed by atoms with Gasteiger partial charge in [-0.05, 0) is 17.8 Å². The second-order valence-electron chi connectivity index (χ2n) is 5.51. The predicted octanol–water partition coefficient (Wildman–Crippen LogP) is 3.64. The Bertz CT molecular complexity index is 195. The normalized spacial score (nSPS) is 13.4. The minimum Gasteiger partial charge on any atom is -0.321 e. The monoisotopic (exact) mass is 229 g/mol. The summed E-state index contributed by atoms with van der Waals surface area (Å²) >= 11 is 0. The highest BCUT2D eigenvalue weighted by atomic mass is 16.1. The molecule has 0 aliphatic heterocycles. The molecule has 0 rings (SSSR count). The Balaban J connectivity index is 0. The second-order valence-corrected chi connectivity index (χ2v) is 5.51. The molecular formula is C14H31NO. The van der Waals surface area contributed by atoms with Crippen molar-refractivity contribution in [3.8, 4) is 0 Å². The Morgan fingerprint density at radius 2 is 1.50 bits per heavy atom. The molecule has 0 amide bonds. The van der Waals surface area contributed by atoms with Gasteiger partial charge in [0.15, 0.2) is 5.78 Å². The summed E-state index contributed by atoms with van der Waals surface area (Å²) in [5.74, 6) is 0.778. The molecule has 0 heterocycles. The molecule has 0 aliphatic carbocycles. The molecule has 98 valence electrons. The Kier molecular flexibility index (Phi) is 8.81. The third-order valence-corrected chi connectivity index (χ3v) is 3.24. The van der Waals surface area contributed by atoms with E-state index in [2.05, 4.69) is 27.7 Å². The molecule has 0 spiro atoms. The summed E-state index contributed by atoms with van der Waals surface area (Å²) in [6, 6.07) is -0.299. The van der Waals surface area contributed by atoms with E-state index in [-0.39, 0.29) is 23.2 Å². The van der Waals surface area contributed by atoms with E-state index < -0.39 is 0 Å². The molecule has 0 aliphatic rings. The molecule has 0 aromatic carbocycles. The van der Waals surface area contributed by atoms with Crippen LogP contribution in [0.25, 0.3) is 0 Å². The first kappa shape index (κ1) is 18.0. The fraction of sp³-hybridized carbons (Fsp3) is 0.929. The first-order valence-electron chi connectivity index (χ1n) is 6.47. The molecule has 0 saturated carbocycles. The third-order valence-electron chi connectivity index (χ3n) is 3.24. The molecule has 0 aromatic heterocycles. The maximum atomic E-state index is 11.6. The van der Waals surface area contributed by atoms with E-state index in [4.69, 9.17) is 5.73 Å². The van der Waals surface area contributed by atoms with Crippen molar-refractivity contribution in [2.75, 3.05) is 0 Å². The van der Waals surface area contributed by atoms with Crippen LogP contribution < -0.4 is 5.73 Å². The lowest BCUT2D eigenvalue weighted by Gasteiger charge is -2.31. The van der Waals surface area contributed by atoms with Crippen LogP contribution >= 0.6 is 0 Å². The Morgan fingerprint density at radius 3 is 1.75 bits per heavy atom. The highest BCUT2D eigenvalue weighted by molar-refractivity contribution is 5.85. The number of Topliss-reactive ketones (excluding diaryl/α,β-unsaturated/α-hetero) is 1. The average molecular weight is 229 g/mol. The van der Waals surface area contributed by atoms with Gasteiger partial charge in [0.25, 0.3) is 0 Å². The molecule has 0 fully saturated rings. The van der Waals surface area contributed by atoms with Crippen molar-refractivity contribution in [2.24, 2.45) is 23.0 Å². The molecular weight excluding hydrogens is 198 g/mol. The number of ketones is 1. The van der Waals surface area contributed by atoms with Crippen LogP contribution in [0.15, 0.2) is 0 Å². The Hall–Kier alpha value is -0.370. The first-order chi connectivity index (χ1) is 7.18. The summed E-state index contributed by atoms with van der Waals surface area (Å²) in [4.78, 5) is 11.6. The van der Waals surface area contributed by atoms with Gasteiger partial charge in [-0.3, -0.25) is 4.79 Å². The standard InChI is InChI=1S/C12H25NO.C2H6/c1-8(2)11(14)10(13)7-12(5,6)9(3)4;1-2/h8-10H,7,13H2,1-6H3;1-2H3. The third kappa shape index (κ3) is 6.26. The number of nitrogens with two attached hydrogens (primary N) is 1. The van der Waals surface area contributed by atoms with Crippen molar-refractivity contribution < 1.29 is 4.79 Å². The highest BCUT2D eigenvalue weighted by Gasteiger charge is 2.28. The second kappa shape index (κ2) is 7.83. The Morgan fingerprint density at radius 1 is 1.12 bits per heavy atom. The van der Waals surface area contributed by atoms with E-state index >= 15 is 0 Å². The molecule has 0 saturated heterocycles. The molecule has 16 heavy (non-hydrogen) atoms. The Labute approximate surface area is 102 Å². The van der Waals surface area contributed by atoms with Gasteiger partial charge in [-0.2, -0.15) is 0 Å². The van der Waals surface area contributed by atoms with Crippen LogP contribution in [0.5, 0.6) is 0 Å². The van der Waals surface area contributed by atoms with Crippen LogP contribution in [0.3, 0.4) is 0 Å². The van der Waals surface area contributed by atoms with E-state index in [0.717, 1.165) is 6.42 Å². The van der Waals surface area contributed by atoms with Crippen LogP contribution in [-0.2, 0) is 4.79 Å². The lowest BCUT2D eigenvalue weighted by Crippen LogP contribution is -2.39. The van der Waals surface area contributed by atoms with Gasteiger partial charge in [-0.15, -0.1) is 0 Å². The summed E-state index contributed by atoms with van der Waals surface area (Å²) in [6.07, 6.45) is 0.779. The molecule has 0 aromatic rings. The zero-order valence-electron chi connectivity index (χ0n) is 12.4. The lowest BCUT2D eigenvalue weighted by molar-refractivity contribution is -0.124. The summed E-state index contributed by atoms with van der Waals surface area (Å²) in [7, 11) is 0. The van der Waals surface area contributed by atoms with E-state index in [1.54, 1.807) is 0 Å². The van der Waals surface area contributed by atoms with Gasteiger partial charge in [-0.1, -0.05) is 55.4 Å². The van der Waals surface area contributed by atoms with Crippen molar-refractivity contribution in [3.05, 3.63) is 0 Å². The highest BCUT2D eigenvalue weighted by Crippen LogP contribution is 2.31. The topological polar surface area (TPSA) is 43.1 Å². The number of carbonyl (C=O) groups is 1. The van der Waals surface area contributed by atoms with Gasteiger partial charge < -0.3 is 5.73 Å². The van der Waals surface area contributed by atoms with Crippen LogP contribution in [0, 0.1) is 17.3 Å². The maximum absolute atomic E-state index is 11.6. The smallest absolute Gasteiger partial charge is 0.152 e. The van der Waals surface area contributed by atoms with E-state index in [0.29, 0.717) is 5.92 Å². The summed E-state index contributed by atoms with van der Waals surface area (Å²) in [6.45, 7) is 16.5. The minimum atomic E-state index is -0.299. The number of hydrogen-bond donors (Lipinski definition) is 1. The van der Waals surface area contributed by atoms with Gasteiger partial charge in [-0.25, -0.2) is 0 Å². The molecule has 2 N–H and O–H groups in total. The summed E-state index contributed by atoms with van der Waals surface area (Å²) < 4.78 is 0. The SMILES string of the molecule is CC.CC(C)C(=O)C(N)CC(C)(C)C(C)C. The van der Waals surface area contributed by atoms with Crippen molar-refractivity contribution in [1.82, 2.24) is 0 Å². The van der Waals surface area contributed by atoms with Crippen LogP contribution in [0.4, 0.5) is 0 Å². The average Bonchev–Trinajstić information content (AvgIpc) is 2.18. The van der Waals surface area contributed by atoms with E-state index in [9.17, 15) is 4.79 Å². The fourth-order valence-corrected chi connectivity index (χ4v) is 1.33. The van der Waals surface area contributed by atoms with Crippen molar-refractivity contribution in [2.45, 2.75) is 67.9 Å². The summed E-state index contributed by atoms with van der Waals surface area (Å²) in [5.41, 5.74) is 6.04. The van der Waals surface area contributed by atoms with Crippen molar-refractivity contribution in [3.63, 3.8) is 0 Å². The zero-order chi connectivity index (χ0) is 13.5. The maximum Gasteiger partial charge on any atom is 0.152 e. The molecule has 0 bridgehead atoms. The van der Waals surface area contributed by atoms with Crippen LogP contribution in [0.2, 0.25) is 0 Å². The largest absolute Gasteiger partial charge is 0.321 e. The first-order valence-corrected chi connectivity index (χ1v) is 6.47. The predicted molar refractivity (Wildman–Crippen MR) is 72.4 cm³/mol. The van der Waals surface area contributed by atoms with Gasteiger partial charge in [0.1, 0.15) is 0 Å². The van der Waals surface area contributed by atoms with Gasteiger partial charge >= 0.3 is 0 Å². The molecule has 2 heteroatoms. The quantitative estimate of drug-likeness (QED) is 0.782. The van der Waals surface area contributed by atoms with Crippen molar-refractivity contribution in [1.29, 1.82) is 0 Å². The minimum absolute atomic E-state index is 0.0490. The van der Waals surface area contributed by atoms with Crippen LogP contribution in [-0.4, -0.2) is 11.8 Å². The van der Waals surface area contributed by atoms with E-state index in [1.807, 2.05) is 27.7 Å². The van der Waals surface area contributed by atoms with Gasteiger partial charge in [0.05, 0.1) is 6.04 Å². The number of rotatable bonds is 5. The fourth-order valence-electron chi connectivity index (χ4n) is 1.33. The molecule has 2 nitrogen and oxygen atoms in total. The molecule has 0 radical (unpaired) electrons. The van der Waals surface area contributed by atoms with Crippen molar-refractivity contribution >= 4 is 5.78 Å². The summed E-state index contributed by atoms with van der Waals surface area (Å²) in [5, 5.41) is 0.